The van der Waals surface area contributed by atoms with Crippen molar-refractivity contribution in [2.24, 2.45) is 0 Å². The Balaban J connectivity index is 2.02. The van der Waals surface area contributed by atoms with Gasteiger partial charge in [-0.05, 0) is 47.0 Å². The Bertz CT molecular complexity index is 599. The number of carbonyl (C=O) groups is 1. The highest BCUT2D eigenvalue weighted by Crippen LogP contribution is 2.23. The zero-order valence-corrected chi connectivity index (χ0v) is 12.9. The molecule has 0 heterocycles. The van der Waals surface area contributed by atoms with Gasteiger partial charge < -0.3 is 11.1 Å². The van der Waals surface area contributed by atoms with E-state index in [-0.39, 0.29) is 11.9 Å². The monoisotopic (exact) mass is 332 g/mol. The van der Waals surface area contributed by atoms with Gasteiger partial charge in [0.1, 0.15) is 0 Å². The number of nitrogens with one attached hydrogen (secondary N) is 1. The molecule has 0 aliphatic carbocycles. The second-order valence-corrected chi connectivity index (χ2v) is 5.57. The number of rotatable bonds is 4. The predicted octanol–water partition coefficient (Wildman–Crippen LogP) is 3.39. The van der Waals surface area contributed by atoms with Gasteiger partial charge in [-0.2, -0.15) is 0 Å². The molecule has 20 heavy (non-hydrogen) atoms. The molecule has 0 bridgehead atoms. The molecule has 0 radical (unpaired) electrons. The second kappa shape index (κ2) is 6.57. The average molecular weight is 333 g/mol. The van der Waals surface area contributed by atoms with Crippen LogP contribution in [-0.2, 0) is 6.42 Å². The first-order chi connectivity index (χ1) is 9.58. The number of hydrogen-bond acceptors (Lipinski definition) is 2. The van der Waals surface area contributed by atoms with Crippen LogP contribution in [0.5, 0.6) is 0 Å². The molecule has 0 spiro atoms. The summed E-state index contributed by atoms with van der Waals surface area (Å²) in [5, 5.41) is 2.99. The largest absolute Gasteiger partial charge is 0.398 e. The van der Waals surface area contributed by atoms with E-state index in [0.717, 1.165) is 6.42 Å². The molecule has 0 aromatic heterocycles. The molecule has 3 N–H and O–H groups in total. The number of carbonyl (C=O) groups excluding carboxylic acids is 1. The summed E-state index contributed by atoms with van der Waals surface area (Å²) < 4.78 is 0.643. The lowest BCUT2D eigenvalue weighted by Crippen LogP contribution is -2.34. The van der Waals surface area contributed by atoms with Gasteiger partial charge in [-0.3, -0.25) is 4.79 Å². The summed E-state index contributed by atoms with van der Waals surface area (Å²) in [5.41, 5.74) is 8.11. The minimum absolute atomic E-state index is 0.0539. The van der Waals surface area contributed by atoms with Crippen molar-refractivity contribution in [2.75, 3.05) is 5.73 Å². The van der Waals surface area contributed by atoms with Gasteiger partial charge in [-0.15, -0.1) is 0 Å². The Morgan fingerprint density at radius 2 is 1.90 bits per heavy atom. The van der Waals surface area contributed by atoms with Crippen LogP contribution in [-0.4, -0.2) is 11.9 Å². The lowest BCUT2D eigenvalue weighted by Gasteiger charge is -2.15. The van der Waals surface area contributed by atoms with Crippen molar-refractivity contribution in [3.63, 3.8) is 0 Å². The van der Waals surface area contributed by atoms with E-state index >= 15 is 0 Å². The second-order valence-electron chi connectivity index (χ2n) is 4.77. The van der Waals surface area contributed by atoms with Crippen molar-refractivity contribution < 1.29 is 4.79 Å². The molecule has 4 heteroatoms. The molecule has 0 aliphatic rings. The zero-order chi connectivity index (χ0) is 14.5. The summed E-state index contributed by atoms with van der Waals surface area (Å²) in [4.78, 5) is 12.2. The summed E-state index contributed by atoms with van der Waals surface area (Å²) in [7, 11) is 0. The SMILES string of the molecule is CC(Cc1ccccc1)NC(=O)c1cccc(N)c1Br. The zero-order valence-electron chi connectivity index (χ0n) is 11.3. The van der Waals surface area contributed by atoms with Gasteiger partial charge in [-0.25, -0.2) is 0 Å². The number of nitrogens with two attached hydrogens (primary N) is 1. The number of benzene rings is 2. The van der Waals surface area contributed by atoms with Crippen molar-refractivity contribution in [1.82, 2.24) is 5.32 Å². The third-order valence-electron chi connectivity index (χ3n) is 3.04. The van der Waals surface area contributed by atoms with Crippen LogP contribution in [0.15, 0.2) is 53.0 Å². The highest BCUT2D eigenvalue weighted by Gasteiger charge is 2.14. The van der Waals surface area contributed by atoms with Gasteiger partial charge >= 0.3 is 0 Å². The molecule has 2 aromatic carbocycles. The van der Waals surface area contributed by atoms with Crippen LogP contribution >= 0.6 is 15.9 Å². The van der Waals surface area contributed by atoms with Crippen LogP contribution in [0.4, 0.5) is 5.69 Å². The van der Waals surface area contributed by atoms with E-state index in [2.05, 4.69) is 33.4 Å². The Morgan fingerprint density at radius 3 is 2.60 bits per heavy atom. The lowest BCUT2D eigenvalue weighted by atomic mass is 10.1. The van der Waals surface area contributed by atoms with Gasteiger partial charge in [0, 0.05) is 11.7 Å². The molecule has 2 rings (SSSR count). The van der Waals surface area contributed by atoms with Gasteiger partial charge in [0.2, 0.25) is 0 Å². The fourth-order valence-electron chi connectivity index (χ4n) is 2.05. The van der Waals surface area contributed by atoms with Crippen molar-refractivity contribution in [1.29, 1.82) is 0 Å². The molecule has 1 amide bonds. The highest BCUT2D eigenvalue weighted by atomic mass is 79.9. The summed E-state index contributed by atoms with van der Waals surface area (Å²) in [6.45, 7) is 1.99. The van der Waals surface area contributed by atoms with E-state index in [1.165, 1.54) is 5.56 Å². The number of nitrogen functional groups attached to an aromatic ring is 1. The van der Waals surface area contributed by atoms with Crippen LogP contribution < -0.4 is 11.1 Å². The predicted molar refractivity (Wildman–Crippen MR) is 85.6 cm³/mol. The van der Waals surface area contributed by atoms with E-state index in [1.807, 2.05) is 25.1 Å². The van der Waals surface area contributed by atoms with E-state index in [0.29, 0.717) is 15.7 Å². The van der Waals surface area contributed by atoms with Crippen molar-refractivity contribution in [3.8, 4) is 0 Å². The first-order valence-corrected chi connectivity index (χ1v) is 7.26. The minimum Gasteiger partial charge on any atom is -0.398 e. The average Bonchev–Trinajstić information content (AvgIpc) is 2.42. The number of hydrogen-bond donors (Lipinski definition) is 2. The van der Waals surface area contributed by atoms with E-state index in [4.69, 9.17) is 5.73 Å². The van der Waals surface area contributed by atoms with Crippen LogP contribution in [0.1, 0.15) is 22.8 Å². The minimum atomic E-state index is -0.118. The third-order valence-corrected chi connectivity index (χ3v) is 3.92. The Kier molecular flexibility index (Phi) is 4.79. The van der Waals surface area contributed by atoms with Crippen LogP contribution in [0, 0.1) is 0 Å². The Morgan fingerprint density at radius 1 is 1.20 bits per heavy atom. The number of amides is 1. The Labute approximate surface area is 127 Å². The van der Waals surface area contributed by atoms with Crippen molar-refractivity contribution in [2.45, 2.75) is 19.4 Å². The molecule has 2 aromatic rings. The van der Waals surface area contributed by atoms with Gasteiger partial charge in [0.05, 0.1) is 10.0 Å². The summed E-state index contributed by atoms with van der Waals surface area (Å²) in [6, 6.07) is 15.4. The summed E-state index contributed by atoms with van der Waals surface area (Å²) in [5.74, 6) is -0.118. The van der Waals surface area contributed by atoms with E-state index in [1.54, 1.807) is 18.2 Å². The molecular weight excluding hydrogens is 316 g/mol. The van der Waals surface area contributed by atoms with Gasteiger partial charge in [0.25, 0.3) is 5.91 Å². The Hall–Kier alpha value is -1.81. The standard InChI is InChI=1S/C16H17BrN2O/c1-11(10-12-6-3-2-4-7-12)19-16(20)13-8-5-9-14(18)15(13)17/h2-9,11H,10,18H2,1H3,(H,19,20). The highest BCUT2D eigenvalue weighted by molar-refractivity contribution is 9.10. The first kappa shape index (κ1) is 14.6. The molecule has 3 nitrogen and oxygen atoms in total. The maximum absolute atomic E-state index is 12.2. The maximum atomic E-state index is 12.2. The number of halogens is 1. The third kappa shape index (κ3) is 3.61. The van der Waals surface area contributed by atoms with Gasteiger partial charge in [0.15, 0.2) is 0 Å². The summed E-state index contributed by atoms with van der Waals surface area (Å²) in [6.07, 6.45) is 0.798. The molecular formula is C16H17BrN2O. The van der Waals surface area contributed by atoms with Crippen LogP contribution in [0.2, 0.25) is 0 Å². The summed E-state index contributed by atoms with van der Waals surface area (Å²) >= 11 is 3.35. The molecule has 0 saturated heterocycles. The van der Waals surface area contributed by atoms with Gasteiger partial charge in [-0.1, -0.05) is 36.4 Å². The van der Waals surface area contributed by atoms with E-state index in [9.17, 15) is 4.79 Å². The fourth-order valence-corrected chi connectivity index (χ4v) is 2.49. The maximum Gasteiger partial charge on any atom is 0.252 e. The smallest absolute Gasteiger partial charge is 0.252 e. The first-order valence-electron chi connectivity index (χ1n) is 6.46. The lowest BCUT2D eigenvalue weighted by molar-refractivity contribution is 0.0939. The quantitative estimate of drug-likeness (QED) is 0.843. The molecule has 0 aliphatic heterocycles. The van der Waals surface area contributed by atoms with E-state index < -0.39 is 0 Å². The van der Waals surface area contributed by atoms with Crippen LogP contribution in [0.3, 0.4) is 0 Å². The number of anilines is 1. The van der Waals surface area contributed by atoms with Crippen molar-refractivity contribution in [3.05, 3.63) is 64.1 Å². The molecule has 0 saturated carbocycles. The molecule has 1 atom stereocenters. The molecule has 104 valence electrons. The van der Waals surface area contributed by atoms with Crippen LogP contribution in [0.25, 0.3) is 0 Å². The normalized spacial score (nSPS) is 11.9. The topological polar surface area (TPSA) is 55.1 Å². The molecule has 0 fully saturated rings. The molecule has 1 unspecified atom stereocenters. The van der Waals surface area contributed by atoms with Crippen molar-refractivity contribution >= 4 is 27.5 Å². The fraction of sp³-hybridized carbons (Fsp3) is 0.188.